The number of benzene rings is 1. The van der Waals surface area contributed by atoms with Gasteiger partial charge >= 0.3 is 5.97 Å². The van der Waals surface area contributed by atoms with Crippen molar-refractivity contribution in [3.63, 3.8) is 0 Å². The molecule has 1 amide bonds. The molecule has 1 fully saturated rings. The van der Waals surface area contributed by atoms with Gasteiger partial charge in [-0.25, -0.2) is 9.79 Å². The molecule has 0 aromatic heterocycles. The van der Waals surface area contributed by atoms with Gasteiger partial charge in [-0.15, -0.1) is 0 Å². The van der Waals surface area contributed by atoms with Crippen molar-refractivity contribution < 1.29 is 19.1 Å². The Morgan fingerprint density at radius 2 is 2.15 bits per heavy atom. The molecule has 136 valence electrons. The Balaban J connectivity index is 2.04. The number of carbonyl (C=O) groups excluding carboxylic acids is 2. The molecular formula is C19H20N2O4S. The highest BCUT2D eigenvalue weighted by Gasteiger charge is 2.41. The number of hydrogen-bond acceptors (Lipinski definition) is 6. The summed E-state index contributed by atoms with van der Waals surface area (Å²) in [5.41, 5.74) is 1.76. The highest BCUT2D eigenvalue weighted by Crippen LogP contribution is 2.40. The fourth-order valence-electron chi connectivity index (χ4n) is 2.98. The molecule has 1 atom stereocenters. The number of esters is 1. The molecule has 0 N–H and O–H groups in total. The van der Waals surface area contributed by atoms with E-state index in [0.29, 0.717) is 41.0 Å². The van der Waals surface area contributed by atoms with Crippen LogP contribution < -0.4 is 4.74 Å². The van der Waals surface area contributed by atoms with Gasteiger partial charge in [-0.1, -0.05) is 36.5 Å². The molecule has 2 aliphatic heterocycles. The van der Waals surface area contributed by atoms with E-state index in [1.54, 1.807) is 17.9 Å². The number of thioether (sulfide) groups is 1. The molecule has 7 heteroatoms. The average molecular weight is 372 g/mol. The van der Waals surface area contributed by atoms with Crippen LogP contribution in [0.5, 0.6) is 5.75 Å². The zero-order valence-corrected chi connectivity index (χ0v) is 15.5. The number of nitrogens with zero attached hydrogens (tertiary/aromatic N) is 2. The summed E-state index contributed by atoms with van der Waals surface area (Å²) >= 11 is 1.52. The largest absolute Gasteiger partial charge is 0.490 e. The second kappa shape index (κ2) is 7.78. The molecule has 0 aliphatic carbocycles. The average Bonchev–Trinajstić information content (AvgIpc) is 2.65. The predicted molar refractivity (Wildman–Crippen MR) is 101 cm³/mol. The summed E-state index contributed by atoms with van der Waals surface area (Å²) in [5, 5.41) is 0.628. The molecular weight excluding hydrogens is 352 g/mol. The topological polar surface area (TPSA) is 68.2 Å². The van der Waals surface area contributed by atoms with Gasteiger partial charge in [0.05, 0.1) is 24.4 Å². The molecule has 0 spiro atoms. The third kappa shape index (κ3) is 3.39. The molecule has 2 aliphatic rings. The van der Waals surface area contributed by atoms with E-state index in [1.165, 1.54) is 18.9 Å². The molecule has 1 saturated heterocycles. The molecule has 2 heterocycles. The monoisotopic (exact) mass is 372 g/mol. The minimum absolute atomic E-state index is 0.0478. The number of aliphatic imine (C=N–C) groups is 1. The molecule has 3 rings (SSSR count). The highest BCUT2D eigenvalue weighted by molar-refractivity contribution is 8.14. The van der Waals surface area contributed by atoms with Crippen LogP contribution in [0.3, 0.4) is 0 Å². The summed E-state index contributed by atoms with van der Waals surface area (Å²) in [6, 6.07) is 6.79. The van der Waals surface area contributed by atoms with Gasteiger partial charge in [0, 0.05) is 12.2 Å². The molecule has 0 bridgehead atoms. The molecule has 0 unspecified atom stereocenters. The molecule has 1 aromatic rings. The van der Waals surface area contributed by atoms with Crippen LogP contribution in [0.2, 0.25) is 0 Å². The predicted octanol–water partition coefficient (Wildman–Crippen LogP) is 3.07. The van der Waals surface area contributed by atoms with Crippen molar-refractivity contribution in [1.82, 2.24) is 4.90 Å². The van der Waals surface area contributed by atoms with Gasteiger partial charge in [0.1, 0.15) is 12.4 Å². The van der Waals surface area contributed by atoms with Crippen molar-refractivity contribution >= 4 is 28.8 Å². The van der Waals surface area contributed by atoms with Crippen molar-refractivity contribution in [1.29, 1.82) is 0 Å². The van der Waals surface area contributed by atoms with Gasteiger partial charge in [0.2, 0.25) is 5.91 Å². The first-order valence-electron chi connectivity index (χ1n) is 8.23. The van der Waals surface area contributed by atoms with Crippen molar-refractivity contribution in [2.24, 2.45) is 4.99 Å². The minimum Gasteiger partial charge on any atom is -0.490 e. The lowest BCUT2D eigenvalue weighted by atomic mass is 9.94. The van der Waals surface area contributed by atoms with Crippen molar-refractivity contribution in [2.75, 3.05) is 19.5 Å². The lowest BCUT2D eigenvalue weighted by molar-refractivity contribution is -0.137. The normalized spacial score (nSPS) is 19.6. The summed E-state index contributed by atoms with van der Waals surface area (Å²) in [5.74, 6) is 0.854. The molecule has 6 nitrogen and oxygen atoms in total. The van der Waals surface area contributed by atoms with Crippen molar-refractivity contribution in [3.8, 4) is 5.75 Å². The number of amidine groups is 1. The number of fused-ring (bicyclic) bond motifs is 1. The Labute approximate surface area is 156 Å². The van der Waals surface area contributed by atoms with Gasteiger partial charge in [0.25, 0.3) is 0 Å². The van der Waals surface area contributed by atoms with Gasteiger partial charge in [-0.2, -0.15) is 0 Å². The maximum atomic E-state index is 12.6. The lowest BCUT2D eigenvalue weighted by Crippen LogP contribution is -2.45. The van der Waals surface area contributed by atoms with E-state index in [2.05, 4.69) is 11.6 Å². The van der Waals surface area contributed by atoms with E-state index in [0.717, 1.165) is 5.56 Å². The summed E-state index contributed by atoms with van der Waals surface area (Å²) in [7, 11) is 1.33. The Hall–Kier alpha value is -2.54. The van der Waals surface area contributed by atoms with E-state index >= 15 is 0 Å². The first-order valence-corrected chi connectivity index (χ1v) is 9.21. The lowest BCUT2D eigenvalue weighted by Gasteiger charge is -2.38. The second-order valence-corrected chi connectivity index (χ2v) is 6.88. The number of methoxy groups -OCH3 is 1. The van der Waals surface area contributed by atoms with Crippen LogP contribution in [0.15, 0.2) is 53.2 Å². The van der Waals surface area contributed by atoms with Crippen LogP contribution in [0, 0.1) is 0 Å². The van der Waals surface area contributed by atoms with Crippen LogP contribution in [0.25, 0.3) is 0 Å². The molecule has 1 aromatic carbocycles. The summed E-state index contributed by atoms with van der Waals surface area (Å²) in [6.45, 7) is 5.80. The minimum atomic E-state index is -0.552. The van der Waals surface area contributed by atoms with Crippen molar-refractivity contribution in [2.45, 2.75) is 19.4 Å². The van der Waals surface area contributed by atoms with Crippen LogP contribution in [0.1, 0.15) is 24.9 Å². The van der Waals surface area contributed by atoms with Gasteiger partial charge in [-0.3, -0.25) is 9.69 Å². The fraction of sp³-hybridized carbons (Fsp3) is 0.316. The van der Waals surface area contributed by atoms with E-state index in [4.69, 9.17) is 9.47 Å². The standard InChI is InChI=1S/C19H20N2O4S/c1-4-10-25-14-7-5-13(6-8-14)17-16(18(23)24-3)12(2)20-19-21(17)15(22)9-11-26-19/h4-8,17H,1,9-11H2,2-3H3/t17-/m1/s1. The smallest absolute Gasteiger partial charge is 0.338 e. The molecule has 0 radical (unpaired) electrons. The van der Waals surface area contributed by atoms with E-state index in [1.807, 2.05) is 24.3 Å². The fourth-order valence-corrected chi connectivity index (χ4v) is 3.99. The van der Waals surface area contributed by atoms with Crippen LogP contribution in [-0.4, -0.2) is 41.4 Å². The SMILES string of the molecule is C=CCOc1ccc([C@@H]2C(C(=O)OC)=C(C)N=C3SCCC(=O)N32)cc1. The van der Waals surface area contributed by atoms with E-state index in [9.17, 15) is 9.59 Å². The van der Waals surface area contributed by atoms with Crippen molar-refractivity contribution in [3.05, 3.63) is 53.8 Å². The number of carbonyl (C=O) groups is 2. The number of amides is 1. The van der Waals surface area contributed by atoms with E-state index < -0.39 is 12.0 Å². The number of rotatable bonds is 5. The first-order chi connectivity index (χ1) is 12.6. The Morgan fingerprint density at radius 1 is 1.42 bits per heavy atom. The summed E-state index contributed by atoms with van der Waals surface area (Å²) in [4.78, 5) is 31.1. The number of ether oxygens (including phenoxy) is 2. The number of hydrogen-bond donors (Lipinski definition) is 0. The molecule has 26 heavy (non-hydrogen) atoms. The maximum absolute atomic E-state index is 12.6. The zero-order valence-electron chi connectivity index (χ0n) is 14.7. The van der Waals surface area contributed by atoms with Crippen LogP contribution >= 0.6 is 11.8 Å². The summed E-state index contributed by atoms with van der Waals surface area (Å²) in [6.07, 6.45) is 2.08. The third-order valence-electron chi connectivity index (χ3n) is 4.18. The maximum Gasteiger partial charge on any atom is 0.338 e. The quantitative estimate of drug-likeness (QED) is 0.587. The van der Waals surface area contributed by atoms with Gasteiger partial charge in [-0.05, 0) is 24.6 Å². The van der Waals surface area contributed by atoms with Crippen LogP contribution in [0.4, 0.5) is 0 Å². The van der Waals surface area contributed by atoms with Gasteiger partial charge < -0.3 is 9.47 Å². The first kappa shape index (κ1) is 18.3. The van der Waals surface area contributed by atoms with E-state index in [-0.39, 0.29) is 5.91 Å². The number of allylic oxidation sites excluding steroid dienone is 1. The molecule has 0 saturated carbocycles. The van der Waals surface area contributed by atoms with Crippen LogP contribution in [-0.2, 0) is 14.3 Å². The third-order valence-corrected chi connectivity index (χ3v) is 5.13. The highest BCUT2D eigenvalue weighted by atomic mass is 32.2. The summed E-state index contributed by atoms with van der Waals surface area (Å²) < 4.78 is 10.5. The van der Waals surface area contributed by atoms with Gasteiger partial charge in [0.15, 0.2) is 5.17 Å². The second-order valence-electron chi connectivity index (χ2n) is 5.82. The Kier molecular flexibility index (Phi) is 5.46. The Morgan fingerprint density at radius 3 is 2.81 bits per heavy atom. The zero-order chi connectivity index (χ0) is 18.7. The Bertz CT molecular complexity index is 798.